The van der Waals surface area contributed by atoms with Crippen LogP contribution in [0.15, 0.2) is 54.2 Å². The van der Waals surface area contributed by atoms with Gasteiger partial charge in [-0.25, -0.2) is 0 Å². The van der Waals surface area contributed by atoms with Gasteiger partial charge in [0.25, 0.3) is 11.6 Å². The summed E-state index contributed by atoms with van der Waals surface area (Å²) < 4.78 is 0. The van der Waals surface area contributed by atoms with Crippen LogP contribution in [0, 0.1) is 21.4 Å². The summed E-state index contributed by atoms with van der Waals surface area (Å²) in [4.78, 5) is 22.7. The standard InChI is InChI=1S/C22H22N4O3/c1-15(17-7-6-16-4-2-3-5-18(16)12-17)25-22(27)19(13-23)14-24-20-8-10-21(11-9-20)26(28)29/h6-12,14-15,24H,2-5H2,1H3,(H,25,27)/b19-14-. The number of hydrogen-bond acceptors (Lipinski definition) is 5. The van der Waals surface area contributed by atoms with Gasteiger partial charge in [-0.15, -0.1) is 0 Å². The summed E-state index contributed by atoms with van der Waals surface area (Å²) in [5, 5.41) is 25.7. The quantitative estimate of drug-likeness (QED) is 0.333. The fourth-order valence-electron chi connectivity index (χ4n) is 3.36. The number of nitrogens with zero attached hydrogens (tertiary/aromatic N) is 2. The number of amides is 1. The highest BCUT2D eigenvalue weighted by Crippen LogP contribution is 2.25. The Labute approximate surface area is 169 Å². The second-order valence-corrected chi connectivity index (χ2v) is 7.05. The average molecular weight is 390 g/mol. The predicted octanol–water partition coefficient (Wildman–Crippen LogP) is 4.17. The maximum atomic E-state index is 12.5. The highest BCUT2D eigenvalue weighted by Gasteiger charge is 2.16. The third kappa shape index (κ3) is 4.99. The summed E-state index contributed by atoms with van der Waals surface area (Å²) in [7, 11) is 0. The van der Waals surface area contributed by atoms with Crippen LogP contribution in [0.5, 0.6) is 0 Å². The van der Waals surface area contributed by atoms with Gasteiger partial charge in [0.1, 0.15) is 11.6 Å². The van der Waals surface area contributed by atoms with Gasteiger partial charge >= 0.3 is 0 Å². The molecular weight excluding hydrogens is 368 g/mol. The molecule has 3 rings (SSSR count). The minimum atomic E-state index is -0.490. The summed E-state index contributed by atoms with van der Waals surface area (Å²) in [5.41, 5.74) is 4.16. The maximum Gasteiger partial charge on any atom is 0.269 e. The van der Waals surface area contributed by atoms with Crippen LogP contribution in [0.4, 0.5) is 11.4 Å². The Morgan fingerprint density at radius 1 is 1.17 bits per heavy atom. The van der Waals surface area contributed by atoms with E-state index in [0.29, 0.717) is 5.69 Å². The molecule has 2 N–H and O–H groups in total. The molecule has 1 unspecified atom stereocenters. The number of aryl methyl sites for hydroxylation is 2. The number of nitriles is 1. The van der Waals surface area contributed by atoms with Crippen LogP contribution in [0.1, 0.15) is 42.5 Å². The van der Waals surface area contributed by atoms with E-state index in [1.807, 2.05) is 19.1 Å². The van der Waals surface area contributed by atoms with Crippen molar-refractivity contribution in [2.45, 2.75) is 38.6 Å². The van der Waals surface area contributed by atoms with Crippen molar-refractivity contribution in [2.75, 3.05) is 5.32 Å². The summed E-state index contributed by atoms with van der Waals surface area (Å²) in [6, 6.07) is 13.7. The highest BCUT2D eigenvalue weighted by atomic mass is 16.6. The van der Waals surface area contributed by atoms with Crippen LogP contribution in [-0.2, 0) is 17.6 Å². The van der Waals surface area contributed by atoms with Gasteiger partial charge in [-0.05, 0) is 61.4 Å². The summed E-state index contributed by atoms with van der Waals surface area (Å²) in [6.45, 7) is 1.89. The van der Waals surface area contributed by atoms with Gasteiger partial charge < -0.3 is 10.6 Å². The molecule has 1 amide bonds. The fourth-order valence-corrected chi connectivity index (χ4v) is 3.36. The Kier molecular flexibility index (Phi) is 6.25. The Bertz CT molecular complexity index is 990. The van der Waals surface area contributed by atoms with Crippen LogP contribution in [0.25, 0.3) is 0 Å². The number of nitro benzene ring substituents is 1. The molecule has 2 aromatic rings. The summed E-state index contributed by atoms with van der Waals surface area (Å²) in [6.07, 6.45) is 5.87. The van der Waals surface area contributed by atoms with E-state index in [9.17, 15) is 20.2 Å². The first-order chi connectivity index (χ1) is 14.0. The number of hydrogen-bond donors (Lipinski definition) is 2. The number of nitrogens with one attached hydrogen (secondary N) is 2. The molecule has 7 nitrogen and oxygen atoms in total. The van der Waals surface area contributed by atoms with Crippen LogP contribution in [0.3, 0.4) is 0 Å². The largest absolute Gasteiger partial charge is 0.360 e. The van der Waals surface area contributed by atoms with Crippen molar-refractivity contribution in [3.05, 3.63) is 81.0 Å². The molecule has 0 saturated heterocycles. The number of carbonyl (C=O) groups excluding carboxylic acids is 1. The van der Waals surface area contributed by atoms with Crippen molar-refractivity contribution < 1.29 is 9.72 Å². The van der Waals surface area contributed by atoms with E-state index in [1.165, 1.54) is 54.4 Å². The molecule has 148 valence electrons. The van der Waals surface area contributed by atoms with E-state index >= 15 is 0 Å². The van der Waals surface area contributed by atoms with E-state index in [-0.39, 0.29) is 17.3 Å². The van der Waals surface area contributed by atoms with Crippen molar-refractivity contribution in [1.82, 2.24) is 5.32 Å². The van der Waals surface area contributed by atoms with Crippen LogP contribution in [0.2, 0.25) is 0 Å². The first-order valence-corrected chi connectivity index (χ1v) is 9.52. The number of non-ortho nitro benzene ring substituents is 1. The van der Waals surface area contributed by atoms with E-state index in [2.05, 4.69) is 22.8 Å². The zero-order valence-electron chi connectivity index (χ0n) is 16.1. The zero-order chi connectivity index (χ0) is 20.8. The molecule has 0 spiro atoms. The third-order valence-electron chi connectivity index (χ3n) is 5.05. The lowest BCUT2D eigenvalue weighted by Gasteiger charge is -2.20. The predicted molar refractivity (Wildman–Crippen MR) is 110 cm³/mol. The molecule has 0 aliphatic heterocycles. The Morgan fingerprint density at radius 2 is 1.86 bits per heavy atom. The average Bonchev–Trinajstić information content (AvgIpc) is 2.74. The molecule has 0 bridgehead atoms. The molecule has 0 heterocycles. The van der Waals surface area contributed by atoms with Gasteiger partial charge in [0.2, 0.25) is 0 Å². The second-order valence-electron chi connectivity index (χ2n) is 7.05. The molecule has 1 atom stereocenters. The van der Waals surface area contributed by atoms with Crippen molar-refractivity contribution in [3.63, 3.8) is 0 Å². The molecule has 2 aromatic carbocycles. The van der Waals surface area contributed by atoms with Crippen molar-refractivity contribution in [1.29, 1.82) is 5.26 Å². The molecule has 0 radical (unpaired) electrons. The van der Waals surface area contributed by atoms with Crippen LogP contribution >= 0.6 is 0 Å². The number of nitro groups is 1. The van der Waals surface area contributed by atoms with Gasteiger partial charge in [-0.3, -0.25) is 14.9 Å². The maximum absolute atomic E-state index is 12.5. The van der Waals surface area contributed by atoms with E-state index in [1.54, 1.807) is 0 Å². The van der Waals surface area contributed by atoms with E-state index < -0.39 is 10.8 Å². The summed E-state index contributed by atoms with van der Waals surface area (Å²) in [5.74, 6) is -0.480. The smallest absolute Gasteiger partial charge is 0.269 e. The number of benzene rings is 2. The number of carbonyl (C=O) groups is 1. The van der Waals surface area contributed by atoms with Crippen molar-refractivity contribution in [2.24, 2.45) is 0 Å². The lowest BCUT2D eigenvalue weighted by Crippen LogP contribution is -2.28. The molecule has 1 aliphatic rings. The van der Waals surface area contributed by atoms with Gasteiger partial charge in [0.15, 0.2) is 0 Å². The van der Waals surface area contributed by atoms with Crippen LogP contribution < -0.4 is 10.6 Å². The Hall–Kier alpha value is -3.66. The Morgan fingerprint density at radius 3 is 2.52 bits per heavy atom. The molecule has 29 heavy (non-hydrogen) atoms. The van der Waals surface area contributed by atoms with Gasteiger partial charge in [0, 0.05) is 24.0 Å². The normalized spacial score (nSPS) is 14.3. The van der Waals surface area contributed by atoms with E-state index in [4.69, 9.17) is 0 Å². The molecule has 7 heteroatoms. The molecule has 0 aromatic heterocycles. The fraction of sp³-hybridized carbons (Fsp3) is 0.273. The third-order valence-corrected chi connectivity index (χ3v) is 5.05. The lowest BCUT2D eigenvalue weighted by molar-refractivity contribution is -0.384. The lowest BCUT2D eigenvalue weighted by atomic mass is 9.89. The molecule has 0 saturated carbocycles. The topological polar surface area (TPSA) is 108 Å². The monoisotopic (exact) mass is 390 g/mol. The van der Waals surface area contributed by atoms with Gasteiger partial charge in [-0.2, -0.15) is 5.26 Å². The first kappa shape index (κ1) is 20.1. The minimum absolute atomic E-state index is 0.0309. The second kappa shape index (κ2) is 9.02. The highest BCUT2D eigenvalue weighted by molar-refractivity contribution is 5.97. The van der Waals surface area contributed by atoms with Crippen molar-refractivity contribution >= 4 is 17.3 Å². The van der Waals surface area contributed by atoms with Crippen LogP contribution in [-0.4, -0.2) is 10.8 Å². The number of rotatable bonds is 6. The zero-order valence-corrected chi connectivity index (χ0v) is 16.1. The minimum Gasteiger partial charge on any atom is -0.360 e. The van der Waals surface area contributed by atoms with Gasteiger partial charge in [0.05, 0.1) is 11.0 Å². The van der Waals surface area contributed by atoms with Crippen molar-refractivity contribution in [3.8, 4) is 6.07 Å². The molecular formula is C22H22N4O3. The number of anilines is 1. The van der Waals surface area contributed by atoms with E-state index in [0.717, 1.165) is 18.4 Å². The first-order valence-electron chi connectivity index (χ1n) is 9.52. The SMILES string of the molecule is CC(NC(=O)/C(C#N)=C\Nc1ccc([N+](=O)[O-])cc1)c1ccc2c(c1)CCCC2. The Balaban J connectivity index is 1.65. The number of fused-ring (bicyclic) bond motifs is 1. The molecule has 1 aliphatic carbocycles. The summed E-state index contributed by atoms with van der Waals surface area (Å²) >= 11 is 0. The van der Waals surface area contributed by atoms with Gasteiger partial charge in [-0.1, -0.05) is 18.2 Å². The molecule has 0 fully saturated rings.